The molecule has 3 aromatic rings. The van der Waals surface area contributed by atoms with Crippen LogP contribution in [0.15, 0.2) is 84.9 Å². The monoisotopic (exact) mass is 442 g/mol. The standard InChI is InChI=1S/C28H30N2O3/c1-29(20-22-12-14-24(15-13-22)23-8-4-2-5-9-23)28(32)25-16-18-30(19-17-25)27(31)21-33-26-10-6-3-7-11-26/h2-15,25H,16-21H2,1H3. The molecule has 170 valence electrons. The summed E-state index contributed by atoms with van der Waals surface area (Å²) in [5.41, 5.74) is 3.46. The Kier molecular flexibility index (Phi) is 7.40. The van der Waals surface area contributed by atoms with Gasteiger partial charge in [0.2, 0.25) is 5.91 Å². The molecule has 2 amide bonds. The number of hydrogen-bond acceptors (Lipinski definition) is 3. The van der Waals surface area contributed by atoms with Crippen molar-refractivity contribution in [3.63, 3.8) is 0 Å². The lowest BCUT2D eigenvalue weighted by Gasteiger charge is -2.33. The number of amides is 2. The molecule has 3 aromatic carbocycles. The third-order valence-electron chi connectivity index (χ3n) is 6.16. The molecule has 0 saturated carbocycles. The summed E-state index contributed by atoms with van der Waals surface area (Å²) in [5, 5.41) is 0. The molecular formula is C28H30N2O3. The van der Waals surface area contributed by atoms with Crippen LogP contribution < -0.4 is 4.74 Å². The van der Waals surface area contributed by atoms with Crippen molar-refractivity contribution in [2.45, 2.75) is 19.4 Å². The quantitative estimate of drug-likeness (QED) is 0.536. The second kappa shape index (κ2) is 10.8. The van der Waals surface area contributed by atoms with E-state index in [0.29, 0.717) is 38.2 Å². The largest absolute Gasteiger partial charge is 0.484 e. The van der Waals surface area contributed by atoms with Crippen molar-refractivity contribution in [1.82, 2.24) is 9.80 Å². The van der Waals surface area contributed by atoms with E-state index in [1.165, 1.54) is 11.1 Å². The van der Waals surface area contributed by atoms with E-state index < -0.39 is 0 Å². The fourth-order valence-electron chi connectivity index (χ4n) is 4.23. The number of para-hydroxylation sites is 1. The van der Waals surface area contributed by atoms with Gasteiger partial charge in [-0.25, -0.2) is 0 Å². The Bertz CT molecular complexity index is 1040. The number of hydrogen-bond donors (Lipinski definition) is 0. The summed E-state index contributed by atoms with van der Waals surface area (Å²) in [4.78, 5) is 29.0. The van der Waals surface area contributed by atoms with E-state index in [1.807, 2.05) is 55.6 Å². The van der Waals surface area contributed by atoms with Gasteiger partial charge in [0, 0.05) is 32.6 Å². The molecule has 0 N–H and O–H groups in total. The van der Waals surface area contributed by atoms with Crippen LogP contribution in [0.3, 0.4) is 0 Å². The fraction of sp³-hybridized carbons (Fsp3) is 0.286. The van der Waals surface area contributed by atoms with E-state index in [1.54, 1.807) is 9.80 Å². The van der Waals surface area contributed by atoms with Crippen molar-refractivity contribution in [3.05, 3.63) is 90.5 Å². The van der Waals surface area contributed by atoms with E-state index in [2.05, 4.69) is 36.4 Å². The Labute approximate surface area is 195 Å². The van der Waals surface area contributed by atoms with Gasteiger partial charge in [-0.3, -0.25) is 9.59 Å². The molecule has 0 spiro atoms. The summed E-state index contributed by atoms with van der Waals surface area (Å²) in [7, 11) is 1.86. The van der Waals surface area contributed by atoms with Gasteiger partial charge in [0.25, 0.3) is 5.91 Å². The number of likely N-dealkylation sites (tertiary alicyclic amines) is 1. The molecule has 0 aromatic heterocycles. The minimum Gasteiger partial charge on any atom is -0.484 e. The predicted octanol–water partition coefficient (Wildman–Crippen LogP) is 4.63. The maximum atomic E-state index is 13.0. The lowest BCUT2D eigenvalue weighted by atomic mass is 9.95. The van der Waals surface area contributed by atoms with Gasteiger partial charge >= 0.3 is 0 Å². The smallest absolute Gasteiger partial charge is 0.260 e. The first kappa shape index (κ1) is 22.6. The van der Waals surface area contributed by atoms with E-state index in [4.69, 9.17) is 4.74 Å². The number of benzene rings is 3. The molecule has 0 unspecified atom stereocenters. The molecule has 1 aliphatic rings. The molecule has 5 nitrogen and oxygen atoms in total. The van der Waals surface area contributed by atoms with Crippen LogP contribution in [-0.2, 0) is 16.1 Å². The highest BCUT2D eigenvalue weighted by molar-refractivity contribution is 5.80. The minimum atomic E-state index is -0.0438. The van der Waals surface area contributed by atoms with Crippen LogP contribution in [0, 0.1) is 5.92 Å². The zero-order valence-electron chi connectivity index (χ0n) is 19.0. The summed E-state index contributed by atoms with van der Waals surface area (Å²) in [6, 6.07) is 28.0. The third-order valence-corrected chi connectivity index (χ3v) is 6.16. The maximum absolute atomic E-state index is 13.0. The van der Waals surface area contributed by atoms with Crippen molar-refractivity contribution in [2.75, 3.05) is 26.7 Å². The van der Waals surface area contributed by atoms with Crippen LogP contribution >= 0.6 is 0 Å². The van der Waals surface area contributed by atoms with Crippen molar-refractivity contribution in [2.24, 2.45) is 5.92 Å². The van der Waals surface area contributed by atoms with Crippen LogP contribution in [0.2, 0.25) is 0 Å². The number of rotatable bonds is 7. The van der Waals surface area contributed by atoms with Crippen LogP contribution in [0.4, 0.5) is 0 Å². The van der Waals surface area contributed by atoms with Crippen LogP contribution in [0.1, 0.15) is 18.4 Å². The highest BCUT2D eigenvalue weighted by atomic mass is 16.5. The summed E-state index contributed by atoms with van der Waals surface area (Å²) in [6.07, 6.45) is 1.38. The van der Waals surface area contributed by atoms with Gasteiger partial charge in [-0.05, 0) is 41.7 Å². The zero-order valence-corrected chi connectivity index (χ0v) is 19.0. The maximum Gasteiger partial charge on any atom is 0.260 e. The first-order valence-electron chi connectivity index (χ1n) is 11.4. The molecule has 0 atom stereocenters. The predicted molar refractivity (Wildman–Crippen MR) is 130 cm³/mol. The van der Waals surface area contributed by atoms with Gasteiger partial charge < -0.3 is 14.5 Å². The molecule has 1 saturated heterocycles. The van der Waals surface area contributed by atoms with Crippen LogP contribution in [-0.4, -0.2) is 48.4 Å². The average molecular weight is 443 g/mol. The second-order valence-electron chi connectivity index (χ2n) is 8.51. The highest BCUT2D eigenvalue weighted by Gasteiger charge is 2.29. The molecule has 0 aliphatic carbocycles. The van der Waals surface area contributed by atoms with Gasteiger partial charge in [0.05, 0.1) is 0 Å². The van der Waals surface area contributed by atoms with Crippen LogP contribution in [0.25, 0.3) is 11.1 Å². The molecule has 1 fully saturated rings. The Morgan fingerprint density at radius 3 is 2.06 bits per heavy atom. The lowest BCUT2D eigenvalue weighted by Crippen LogP contribution is -2.44. The number of piperidine rings is 1. The topological polar surface area (TPSA) is 49.9 Å². The first-order chi connectivity index (χ1) is 16.1. The lowest BCUT2D eigenvalue weighted by molar-refractivity contribution is -0.141. The van der Waals surface area contributed by atoms with Gasteiger partial charge in [-0.1, -0.05) is 72.8 Å². The van der Waals surface area contributed by atoms with Crippen molar-refractivity contribution in [1.29, 1.82) is 0 Å². The minimum absolute atomic E-state index is 0.0293. The van der Waals surface area contributed by atoms with E-state index in [-0.39, 0.29) is 24.3 Å². The molecule has 33 heavy (non-hydrogen) atoms. The molecule has 1 aliphatic heterocycles. The molecule has 0 bridgehead atoms. The van der Waals surface area contributed by atoms with E-state index in [0.717, 1.165) is 5.56 Å². The summed E-state index contributed by atoms with van der Waals surface area (Å²) >= 11 is 0. The molecule has 4 rings (SSSR count). The summed E-state index contributed by atoms with van der Waals surface area (Å²) in [6.45, 7) is 1.79. The van der Waals surface area contributed by atoms with E-state index in [9.17, 15) is 9.59 Å². The van der Waals surface area contributed by atoms with Gasteiger partial charge in [0.1, 0.15) is 5.75 Å². The van der Waals surface area contributed by atoms with Gasteiger partial charge in [-0.15, -0.1) is 0 Å². The van der Waals surface area contributed by atoms with Gasteiger partial charge in [0.15, 0.2) is 6.61 Å². The van der Waals surface area contributed by atoms with E-state index >= 15 is 0 Å². The molecule has 5 heteroatoms. The normalized spacial score (nSPS) is 14.0. The Balaban J connectivity index is 1.24. The zero-order chi connectivity index (χ0) is 23.0. The Morgan fingerprint density at radius 1 is 0.848 bits per heavy atom. The third kappa shape index (κ3) is 6.01. The summed E-state index contributed by atoms with van der Waals surface area (Å²) in [5.74, 6) is 0.762. The molecule has 0 radical (unpaired) electrons. The number of carbonyl (C=O) groups is 2. The Morgan fingerprint density at radius 2 is 1.42 bits per heavy atom. The van der Waals surface area contributed by atoms with Crippen molar-refractivity contribution >= 4 is 11.8 Å². The highest BCUT2D eigenvalue weighted by Crippen LogP contribution is 2.22. The first-order valence-corrected chi connectivity index (χ1v) is 11.4. The second-order valence-corrected chi connectivity index (χ2v) is 8.51. The SMILES string of the molecule is CN(Cc1ccc(-c2ccccc2)cc1)C(=O)C1CCN(C(=O)COc2ccccc2)CC1. The van der Waals surface area contributed by atoms with Crippen molar-refractivity contribution in [3.8, 4) is 16.9 Å². The van der Waals surface area contributed by atoms with Crippen LogP contribution in [0.5, 0.6) is 5.75 Å². The fourth-order valence-corrected chi connectivity index (χ4v) is 4.23. The average Bonchev–Trinajstić information content (AvgIpc) is 2.88. The number of nitrogens with zero attached hydrogens (tertiary/aromatic N) is 2. The number of ether oxygens (including phenoxy) is 1. The molecule has 1 heterocycles. The van der Waals surface area contributed by atoms with Gasteiger partial charge in [-0.2, -0.15) is 0 Å². The van der Waals surface area contributed by atoms with Crippen molar-refractivity contribution < 1.29 is 14.3 Å². The summed E-state index contributed by atoms with van der Waals surface area (Å²) < 4.78 is 5.57. The Hall–Kier alpha value is -3.60. The molecular weight excluding hydrogens is 412 g/mol. The number of carbonyl (C=O) groups excluding carboxylic acids is 2.